The minimum Gasteiger partial charge on any atom is -0.313 e. The number of carbonyl (C=O) groups excluding carboxylic acids is 1. The van der Waals surface area contributed by atoms with E-state index in [1.807, 2.05) is 35.8 Å². The topological polar surface area (TPSA) is 45.9 Å². The van der Waals surface area contributed by atoms with Crippen LogP contribution in [0.15, 0.2) is 24.3 Å². The average Bonchev–Trinajstić information content (AvgIpc) is 2.75. The van der Waals surface area contributed by atoms with Gasteiger partial charge < -0.3 is 4.57 Å². The highest BCUT2D eigenvalue weighted by atomic mass is 32.1. The number of Topliss-reactive ketones (excluding diaryl/α,β-unsaturated/α-hetero) is 1. The molecule has 1 aliphatic rings. The molecular weight excluding hydrogens is 268 g/mol. The van der Waals surface area contributed by atoms with E-state index in [9.17, 15) is 4.79 Å². The summed E-state index contributed by atoms with van der Waals surface area (Å²) in [7, 11) is 0. The largest absolute Gasteiger partial charge is 0.313 e. The van der Waals surface area contributed by atoms with E-state index >= 15 is 0 Å². The van der Waals surface area contributed by atoms with E-state index in [1.54, 1.807) is 0 Å². The average molecular weight is 286 g/mol. The Balaban J connectivity index is 1.90. The lowest BCUT2D eigenvalue weighted by Crippen LogP contribution is -2.22. The Labute approximate surface area is 122 Å². The summed E-state index contributed by atoms with van der Waals surface area (Å²) in [5.74, 6) is 0.0957. The molecule has 0 saturated heterocycles. The van der Waals surface area contributed by atoms with Crippen molar-refractivity contribution in [2.24, 2.45) is 0 Å². The summed E-state index contributed by atoms with van der Waals surface area (Å²) in [6.45, 7) is 2.29. The fourth-order valence-corrected chi connectivity index (χ4v) is 3.87. The summed E-state index contributed by atoms with van der Waals surface area (Å²) in [6.07, 6.45) is 4.45. The second kappa shape index (κ2) is 5.37. The molecule has 4 heteroatoms. The molecule has 1 heterocycles. The lowest BCUT2D eigenvalue weighted by molar-refractivity contribution is 0.0969. The van der Waals surface area contributed by atoms with E-state index < -0.39 is 0 Å². The Bertz CT molecular complexity index is 712. The predicted octanol–water partition coefficient (Wildman–Crippen LogP) is 3.10. The molecule has 3 rings (SSSR count). The number of carbonyl (C=O) groups is 1. The Kier molecular flexibility index (Phi) is 3.57. The number of nitrogens with one attached hydrogen (secondary N) is 1. The number of hydrogen-bond donors (Lipinski definition) is 1. The summed E-state index contributed by atoms with van der Waals surface area (Å²) in [6, 6.07) is 7.69. The molecule has 0 spiro atoms. The van der Waals surface area contributed by atoms with Gasteiger partial charge in [0.2, 0.25) is 0 Å². The van der Waals surface area contributed by atoms with Gasteiger partial charge in [0, 0.05) is 16.1 Å². The molecule has 3 nitrogen and oxygen atoms in total. The number of thiazole rings is 1. The maximum atomic E-state index is 12.4. The third-order valence-electron chi connectivity index (χ3n) is 3.82. The van der Waals surface area contributed by atoms with Gasteiger partial charge in [-0.05, 0) is 38.7 Å². The lowest BCUT2D eigenvalue weighted by Gasteiger charge is -2.14. The number of rotatable bonds is 3. The van der Waals surface area contributed by atoms with Crippen LogP contribution in [0.2, 0.25) is 0 Å². The van der Waals surface area contributed by atoms with Crippen LogP contribution in [0.3, 0.4) is 0 Å². The highest BCUT2D eigenvalue weighted by molar-refractivity contribution is 7.09. The fraction of sp³-hybridized carbons (Fsp3) is 0.375. The summed E-state index contributed by atoms with van der Waals surface area (Å²) >= 11 is 1.53. The van der Waals surface area contributed by atoms with Crippen LogP contribution in [0, 0.1) is 12.3 Å². The molecule has 0 unspecified atom stereocenters. The minimum absolute atomic E-state index is 0.0957. The molecule has 1 N–H and O–H groups in total. The minimum atomic E-state index is 0.0957. The quantitative estimate of drug-likeness (QED) is 0.866. The molecule has 0 amide bonds. The van der Waals surface area contributed by atoms with Gasteiger partial charge in [-0.15, -0.1) is 11.3 Å². The Morgan fingerprint density at radius 3 is 2.95 bits per heavy atom. The molecule has 1 aromatic carbocycles. The van der Waals surface area contributed by atoms with E-state index in [1.165, 1.54) is 34.7 Å². The summed E-state index contributed by atoms with van der Waals surface area (Å²) in [5.41, 5.74) is 3.05. The Morgan fingerprint density at radius 2 is 2.15 bits per heavy atom. The van der Waals surface area contributed by atoms with Gasteiger partial charge in [0.15, 0.2) is 10.6 Å². The molecule has 0 bridgehead atoms. The number of fused-ring (bicyclic) bond motifs is 1. The zero-order valence-corrected chi connectivity index (χ0v) is 12.4. The summed E-state index contributed by atoms with van der Waals surface area (Å²) in [5, 5.41) is 8.09. The molecule has 0 saturated carbocycles. The maximum absolute atomic E-state index is 12.4. The molecular formula is C16H18N2OS. The van der Waals surface area contributed by atoms with Crippen LogP contribution in [0.4, 0.5) is 0 Å². The Hall–Kier alpha value is -1.68. The first-order chi connectivity index (χ1) is 9.65. The van der Waals surface area contributed by atoms with Gasteiger partial charge in [-0.2, -0.15) is 0 Å². The first-order valence-corrected chi connectivity index (χ1v) is 7.82. The van der Waals surface area contributed by atoms with Gasteiger partial charge in [-0.1, -0.05) is 23.8 Å². The van der Waals surface area contributed by atoms with Crippen LogP contribution in [-0.4, -0.2) is 10.4 Å². The highest BCUT2D eigenvalue weighted by Gasteiger charge is 2.18. The number of aromatic nitrogens is 1. The monoisotopic (exact) mass is 286 g/mol. The van der Waals surface area contributed by atoms with E-state index in [2.05, 4.69) is 0 Å². The third kappa shape index (κ3) is 2.48. The third-order valence-corrected chi connectivity index (χ3v) is 4.92. The van der Waals surface area contributed by atoms with Crippen molar-refractivity contribution < 1.29 is 4.79 Å². The normalized spacial score (nSPS) is 14.1. The zero-order chi connectivity index (χ0) is 14.1. The van der Waals surface area contributed by atoms with Crippen molar-refractivity contribution in [2.75, 3.05) is 0 Å². The number of benzene rings is 1. The molecule has 0 fully saturated rings. The van der Waals surface area contributed by atoms with Gasteiger partial charge in [-0.25, -0.2) is 0 Å². The SMILES string of the molecule is Cc1cccc(C(=O)Cn2c3c(sc2=N)CCCC3)c1. The smallest absolute Gasteiger partial charge is 0.182 e. The molecule has 20 heavy (non-hydrogen) atoms. The van der Waals surface area contributed by atoms with E-state index in [-0.39, 0.29) is 5.78 Å². The van der Waals surface area contributed by atoms with Crippen LogP contribution in [0.5, 0.6) is 0 Å². The van der Waals surface area contributed by atoms with Crippen molar-refractivity contribution in [3.63, 3.8) is 0 Å². The molecule has 1 aliphatic carbocycles. The zero-order valence-electron chi connectivity index (χ0n) is 11.6. The van der Waals surface area contributed by atoms with Crippen molar-refractivity contribution in [2.45, 2.75) is 39.2 Å². The van der Waals surface area contributed by atoms with Crippen molar-refractivity contribution in [3.8, 4) is 0 Å². The van der Waals surface area contributed by atoms with Crippen molar-refractivity contribution in [1.29, 1.82) is 5.41 Å². The lowest BCUT2D eigenvalue weighted by atomic mass is 10.0. The maximum Gasteiger partial charge on any atom is 0.182 e. The van der Waals surface area contributed by atoms with Crippen LogP contribution >= 0.6 is 11.3 Å². The molecule has 104 valence electrons. The van der Waals surface area contributed by atoms with Gasteiger partial charge in [-0.3, -0.25) is 10.2 Å². The van der Waals surface area contributed by atoms with Crippen LogP contribution in [0.1, 0.15) is 39.3 Å². The number of hydrogen-bond acceptors (Lipinski definition) is 3. The second-order valence-electron chi connectivity index (χ2n) is 5.36. The fourth-order valence-electron chi connectivity index (χ4n) is 2.77. The highest BCUT2D eigenvalue weighted by Crippen LogP contribution is 2.23. The number of ketones is 1. The second-order valence-corrected chi connectivity index (χ2v) is 6.45. The summed E-state index contributed by atoms with van der Waals surface area (Å²) < 4.78 is 1.91. The van der Waals surface area contributed by atoms with Crippen LogP contribution < -0.4 is 4.80 Å². The van der Waals surface area contributed by atoms with Crippen LogP contribution in [0.25, 0.3) is 0 Å². The molecule has 2 aromatic rings. The molecule has 1 aromatic heterocycles. The van der Waals surface area contributed by atoms with Gasteiger partial charge in [0.1, 0.15) is 0 Å². The van der Waals surface area contributed by atoms with Gasteiger partial charge in [0.25, 0.3) is 0 Å². The standard InChI is InChI=1S/C16H18N2OS/c1-11-5-4-6-12(9-11)14(19)10-18-13-7-2-3-8-15(13)20-16(18)17/h4-6,9,17H,2-3,7-8,10H2,1H3. The van der Waals surface area contributed by atoms with E-state index in [0.29, 0.717) is 11.3 Å². The molecule has 0 aliphatic heterocycles. The Morgan fingerprint density at radius 1 is 1.35 bits per heavy atom. The molecule has 0 atom stereocenters. The van der Waals surface area contributed by atoms with E-state index in [0.717, 1.165) is 24.0 Å². The van der Waals surface area contributed by atoms with Gasteiger partial charge >= 0.3 is 0 Å². The number of nitrogens with zero attached hydrogens (tertiary/aromatic N) is 1. The first kappa shape index (κ1) is 13.3. The van der Waals surface area contributed by atoms with E-state index in [4.69, 9.17) is 5.41 Å². The van der Waals surface area contributed by atoms with Crippen LogP contribution in [-0.2, 0) is 19.4 Å². The first-order valence-electron chi connectivity index (χ1n) is 7.01. The predicted molar refractivity (Wildman–Crippen MR) is 80.3 cm³/mol. The number of aryl methyl sites for hydroxylation is 2. The van der Waals surface area contributed by atoms with Gasteiger partial charge in [0.05, 0.1) is 6.54 Å². The van der Waals surface area contributed by atoms with Crippen molar-refractivity contribution in [1.82, 2.24) is 4.57 Å². The van der Waals surface area contributed by atoms with Crippen molar-refractivity contribution >= 4 is 17.1 Å². The summed E-state index contributed by atoms with van der Waals surface area (Å²) in [4.78, 5) is 14.2. The van der Waals surface area contributed by atoms with Crippen molar-refractivity contribution in [3.05, 3.63) is 50.8 Å². The molecule has 0 radical (unpaired) electrons.